The third-order valence-corrected chi connectivity index (χ3v) is 1.15. The molecule has 0 heterocycles. The molecule has 0 aliphatic carbocycles. The zero-order chi connectivity index (χ0) is 7.98. The molecule has 10 heavy (non-hydrogen) atoms. The van der Waals surface area contributed by atoms with Gasteiger partial charge < -0.3 is 4.90 Å². The highest BCUT2D eigenvalue weighted by atomic mass is 15.0. The minimum Gasteiger partial charge on any atom is -0.309 e. The molecular formula is C8H14N2. The molecule has 0 aliphatic rings. The summed E-state index contributed by atoms with van der Waals surface area (Å²) in [7, 11) is 4.05. The summed E-state index contributed by atoms with van der Waals surface area (Å²) in [6, 6.07) is 1.97. The Kier molecular flexibility index (Phi) is 4.61. The molecule has 2 nitrogen and oxygen atoms in total. The zero-order valence-corrected chi connectivity index (χ0v) is 6.83. The average Bonchev–Trinajstić information content (AvgIpc) is 1.82. The van der Waals surface area contributed by atoms with Crippen LogP contribution in [0, 0.1) is 17.2 Å². The first-order valence-corrected chi connectivity index (χ1v) is 3.38. The lowest BCUT2D eigenvalue weighted by Crippen LogP contribution is -2.18. The Bertz CT molecular complexity index is 142. The van der Waals surface area contributed by atoms with Gasteiger partial charge in [-0.2, -0.15) is 5.26 Å². The van der Waals surface area contributed by atoms with Gasteiger partial charge in [0.05, 0.1) is 6.07 Å². The maximum atomic E-state index is 8.20. The van der Waals surface area contributed by atoms with Crippen molar-refractivity contribution in [2.24, 2.45) is 5.92 Å². The molecule has 56 valence electrons. The van der Waals surface area contributed by atoms with Crippen LogP contribution in [0.15, 0.2) is 12.2 Å². The van der Waals surface area contributed by atoms with Crippen molar-refractivity contribution < 1.29 is 0 Å². The number of nitriles is 1. The molecule has 0 radical (unpaired) electrons. The van der Waals surface area contributed by atoms with Gasteiger partial charge in [-0.05, 0) is 20.0 Å². The van der Waals surface area contributed by atoms with E-state index in [0.29, 0.717) is 5.92 Å². The molecule has 0 saturated carbocycles. The summed E-state index contributed by atoms with van der Waals surface area (Å²) in [4.78, 5) is 2.10. The maximum Gasteiger partial charge on any atom is 0.0908 e. The lowest BCUT2D eigenvalue weighted by molar-refractivity contribution is 0.371. The third-order valence-electron chi connectivity index (χ3n) is 1.15. The Hall–Kier alpha value is -0.810. The summed E-state index contributed by atoms with van der Waals surface area (Å²) in [5, 5.41) is 8.20. The van der Waals surface area contributed by atoms with E-state index in [4.69, 9.17) is 5.26 Å². The standard InChI is InChI=1S/C8H14N2/c1-8(5-4-6-9)7-10(2)3/h4-5,8H,7H2,1-3H3. The highest BCUT2D eigenvalue weighted by Gasteiger charge is 1.96. The molecule has 0 aromatic carbocycles. The maximum absolute atomic E-state index is 8.20. The molecule has 0 spiro atoms. The molecule has 0 aliphatic heterocycles. The first kappa shape index (κ1) is 9.19. The zero-order valence-electron chi connectivity index (χ0n) is 6.83. The Morgan fingerprint density at radius 2 is 2.20 bits per heavy atom. The van der Waals surface area contributed by atoms with E-state index in [1.165, 1.54) is 6.08 Å². The van der Waals surface area contributed by atoms with E-state index in [9.17, 15) is 0 Å². The summed E-state index contributed by atoms with van der Waals surface area (Å²) in [5.74, 6) is 0.467. The summed E-state index contributed by atoms with van der Waals surface area (Å²) in [6.45, 7) is 3.09. The van der Waals surface area contributed by atoms with Crippen molar-refractivity contribution in [1.29, 1.82) is 5.26 Å². The lowest BCUT2D eigenvalue weighted by atomic mass is 10.1. The van der Waals surface area contributed by atoms with Crippen molar-refractivity contribution in [3.8, 4) is 6.07 Å². The number of hydrogen-bond donors (Lipinski definition) is 0. The van der Waals surface area contributed by atoms with Gasteiger partial charge in [0.2, 0.25) is 0 Å². The largest absolute Gasteiger partial charge is 0.309 e. The summed E-state index contributed by atoms with van der Waals surface area (Å²) < 4.78 is 0. The van der Waals surface area contributed by atoms with Crippen molar-refractivity contribution in [2.45, 2.75) is 6.92 Å². The summed E-state index contributed by atoms with van der Waals surface area (Å²) in [6.07, 6.45) is 3.45. The molecule has 1 atom stereocenters. The smallest absolute Gasteiger partial charge is 0.0908 e. The van der Waals surface area contributed by atoms with E-state index in [2.05, 4.69) is 11.8 Å². The number of nitrogens with zero attached hydrogens (tertiary/aromatic N) is 2. The molecular weight excluding hydrogens is 124 g/mol. The fourth-order valence-corrected chi connectivity index (χ4v) is 0.844. The minimum absolute atomic E-state index is 0.467. The van der Waals surface area contributed by atoms with Crippen LogP contribution in [0.3, 0.4) is 0 Å². The fraction of sp³-hybridized carbons (Fsp3) is 0.625. The molecule has 0 N–H and O–H groups in total. The van der Waals surface area contributed by atoms with Crippen LogP contribution >= 0.6 is 0 Å². The van der Waals surface area contributed by atoms with E-state index in [0.717, 1.165) is 6.54 Å². The van der Waals surface area contributed by atoms with Crippen LogP contribution in [0.5, 0.6) is 0 Å². The molecule has 1 unspecified atom stereocenters. The van der Waals surface area contributed by atoms with E-state index in [1.54, 1.807) is 0 Å². The van der Waals surface area contributed by atoms with E-state index in [-0.39, 0.29) is 0 Å². The second-order valence-corrected chi connectivity index (χ2v) is 2.73. The van der Waals surface area contributed by atoms with Gasteiger partial charge in [0.25, 0.3) is 0 Å². The highest BCUT2D eigenvalue weighted by molar-refractivity contribution is 5.03. The Morgan fingerprint density at radius 3 is 2.60 bits per heavy atom. The highest BCUT2D eigenvalue weighted by Crippen LogP contribution is 1.97. The van der Waals surface area contributed by atoms with Crippen LogP contribution in [0.2, 0.25) is 0 Å². The second-order valence-electron chi connectivity index (χ2n) is 2.73. The molecule has 0 amide bonds. The number of allylic oxidation sites excluding steroid dienone is 1. The SMILES string of the molecule is CC(C=CC#N)CN(C)C. The van der Waals surface area contributed by atoms with Gasteiger partial charge in [0.1, 0.15) is 0 Å². The van der Waals surface area contributed by atoms with Gasteiger partial charge in [0, 0.05) is 12.6 Å². The molecule has 0 rings (SSSR count). The van der Waals surface area contributed by atoms with Gasteiger partial charge in [-0.3, -0.25) is 0 Å². The minimum atomic E-state index is 0.467. The Morgan fingerprint density at radius 1 is 1.60 bits per heavy atom. The van der Waals surface area contributed by atoms with Crippen LogP contribution < -0.4 is 0 Å². The van der Waals surface area contributed by atoms with Crippen LogP contribution in [-0.2, 0) is 0 Å². The van der Waals surface area contributed by atoms with Crippen molar-refractivity contribution >= 4 is 0 Å². The van der Waals surface area contributed by atoms with Gasteiger partial charge in [0.15, 0.2) is 0 Å². The molecule has 2 heteroatoms. The molecule has 0 aromatic heterocycles. The molecule has 0 saturated heterocycles. The van der Waals surface area contributed by atoms with Gasteiger partial charge in [-0.15, -0.1) is 0 Å². The first-order chi connectivity index (χ1) is 4.66. The van der Waals surface area contributed by atoms with Crippen molar-refractivity contribution in [2.75, 3.05) is 20.6 Å². The van der Waals surface area contributed by atoms with Crippen LogP contribution in [-0.4, -0.2) is 25.5 Å². The average molecular weight is 138 g/mol. The number of rotatable bonds is 3. The van der Waals surface area contributed by atoms with Crippen molar-refractivity contribution in [3.63, 3.8) is 0 Å². The Labute approximate surface area is 62.8 Å². The Balaban J connectivity index is 3.55. The lowest BCUT2D eigenvalue weighted by Gasteiger charge is -2.12. The second kappa shape index (κ2) is 5.01. The van der Waals surface area contributed by atoms with Crippen molar-refractivity contribution in [1.82, 2.24) is 4.90 Å². The van der Waals surface area contributed by atoms with Crippen LogP contribution in [0.25, 0.3) is 0 Å². The van der Waals surface area contributed by atoms with Gasteiger partial charge >= 0.3 is 0 Å². The third kappa shape index (κ3) is 5.33. The molecule has 0 aromatic rings. The normalized spacial score (nSPS) is 13.9. The topological polar surface area (TPSA) is 27.0 Å². The van der Waals surface area contributed by atoms with E-state index in [1.807, 2.05) is 26.2 Å². The molecule has 0 bridgehead atoms. The van der Waals surface area contributed by atoms with E-state index >= 15 is 0 Å². The summed E-state index contributed by atoms with van der Waals surface area (Å²) in [5.41, 5.74) is 0. The van der Waals surface area contributed by atoms with Crippen LogP contribution in [0.4, 0.5) is 0 Å². The predicted molar refractivity (Wildman–Crippen MR) is 42.5 cm³/mol. The number of hydrogen-bond acceptors (Lipinski definition) is 2. The van der Waals surface area contributed by atoms with Gasteiger partial charge in [-0.1, -0.05) is 13.0 Å². The predicted octanol–water partition coefficient (Wildman–Crippen LogP) is 1.26. The van der Waals surface area contributed by atoms with Gasteiger partial charge in [-0.25, -0.2) is 0 Å². The monoisotopic (exact) mass is 138 g/mol. The van der Waals surface area contributed by atoms with Crippen LogP contribution in [0.1, 0.15) is 6.92 Å². The fourth-order valence-electron chi connectivity index (χ4n) is 0.844. The first-order valence-electron chi connectivity index (χ1n) is 3.38. The van der Waals surface area contributed by atoms with E-state index < -0.39 is 0 Å². The van der Waals surface area contributed by atoms with Crippen molar-refractivity contribution in [3.05, 3.63) is 12.2 Å². The summed E-state index contributed by atoms with van der Waals surface area (Å²) >= 11 is 0. The molecule has 0 fully saturated rings. The quantitative estimate of drug-likeness (QED) is 0.549.